The molecule has 1 aliphatic heterocycles. The molecule has 3 aromatic carbocycles. The number of aliphatic hydroxyl groups excluding tert-OH is 1. The molecule has 0 unspecified atom stereocenters. The van der Waals surface area contributed by atoms with Crippen LogP contribution in [0.2, 0.25) is 18.6 Å². The molecule has 208 valence electrons. The number of anilines is 1. The number of hydrogen-bond acceptors (Lipinski definition) is 5. The first-order chi connectivity index (χ1) is 18.8. The summed E-state index contributed by atoms with van der Waals surface area (Å²) in [5, 5.41) is 14.1. The summed E-state index contributed by atoms with van der Waals surface area (Å²) in [4.78, 5) is 12.6. The molecular formula is C32H41NO5Si. The average molecular weight is 548 g/mol. The first-order valence-electron chi connectivity index (χ1n) is 13.7. The Morgan fingerprint density at radius 2 is 1.46 bits per heavy atom. The van der Waals surface area contributed by atoms with Gasteiger partial charge in [0.2, 0.25) is 0 Å². The number of benzene rings is 3. The van der Waals surface area contributed by atoms with Crippen molar-refractivity contribution in [3.63, 3.8) is 0 Å². The van der Waals surface area contributed by atoms with Crippen molar-refractivity contribution < 1.29 is 24.1 Å². The predicted molar refractivity (Wildman–Crippen MR) is 159 cm³/mol. The molecule has 0 aliphatic carbocycles. The van der Waals surface area contributed by atoms with Gasteiger partial charge in [-0.05, 0) is 84.8 Å². The minimum absolute atomic E-state index is 0.0642. The zero-order valence-corrected chi connectivity index (χ0v) is 24.6. The van der Waals surface area contributed by atoms with Gasteiger partial charge in [-0.3, -0.25) is 4.79 Å². The highest BCUT2D eigenvalue weighted by Gasteiger charge is 2.50. The second-order valence-electron chi connectivity index (χ2n) is 11.0. The molecule has 0 aromatic heterocycles. The Morgan fingerprint density at radius 1 is 0.872 bits per heavy atom. The van der Waals surface area contributed by atoms with E-state index in [0.29, 0.717) is 23.4 Å². The van der Waals surface area contributed by atoms with Crippen LogP contribution in [-0.2, 0) is 11.2 Å². The number of hydrogen-bond donors (Lipinski definition) is 2. The van der Waals surface area contributed by atoms with E-state index in [1.54, 1.807) is 38.5 Å². The average Bonchev–Trinajstić information content (AvgIpc) is 3.28. The van der Waals surface area contributed by atoms with Gasteiger partial charge in [0.05, 0.1) is 34.5 Å². The molecule has 4 atom stereocenters. The van der Waals surface area contributed by atoms with Crippen LogP contribution >= 0.6 is 0 Å². The number of aliphatic hydroxyl groups is 1. The van der Waals surface area contributed by atoms with E-state index in [2.05, 4.69) is 49.6 Å². The van der Waals surface area contributed by atoms with Gasteiger partial charge < -0.3 is 24.6 Å². The molecule has 3 aromatic rings. The lowest BCUT2D eigenvalue weighted by atomic mass is 9.95. The van der Waals surface area contributed by atoms with Gasteiger partial charge in [0.15, 0.2) is 0 Å². The summed E-state index contributed by atoms with van der Waals surface area (Å²) in [5.74, 6) is 1.84. The van der Waals surface area contributed by atoms with E-state index in [9.17, 15) is 9.90 Å². The van der Waals surface area contributed by atoms with Crippen LogP contribution in [0.25, 0.3) is 0 Å². The number of aryl methyl sites for hydroxylation is 1. The summed E-state index contributed by atoms with van der Waals surface area (Å²) in [6, 6.07) is 23.6. The standard InChI is InChI=1S/C32H41NO5Si/c1-22-29(38-30(20-21-34)31(22)39(4,5)28-17-15-27(37-3)16-18-28)19-8-23-6-11-25(12-7-23)33-32(35)24-9-13-26(36-2)14-10-24/h6-7,9-18,22,29-31,34H,8,19-21H2,1-5H3,(H,33,35)/t22-,29+,30-,31+/m1/s1. The van der Waals surface area contributed by atoms with Crippen LogP contribution in [0, 0.1) is 5.92 Å². The topological polar surface area (TPSA) is 77.0 Å². The zero-order chi connectivity index (χ0) is 28.0. The number of carbonyl (C=O) groups excluding carboxylic acids is 1. The van der Waals surface area contributed by atoms with Crippen molar-refractivity contribution in [2.45, 2.75) is 57.0 Å². The molecule has 0 spiro atoms. The van der Waals surface area contributed by atoms with Crippen molar-refractivity contribution in [1.82, 2.24) is 0 Å². The predicted octanol–water partition coefficient (Wildman–Crippen LogP) is 5.66. The first kappa shape index (κ1) is 28.9. The van der Waals surface area contributed by atoms with Gasteiger partial charge in [0.1, 0.15) is 11.5 Å². The summed E-state index contributed by atoms with van der Waals surface area (Å²) < 4.78 is 17.2. The molecule has 1 saturated heterocycles. The SMILES string of the molecule is COc1ccc(C(=O)Nc2ccc(CC[C@@H]3O[C@H](CCO)[C@@H]([Si](C)(C)c4ccc(OC)cc4)[C@@H]3C)cc2)cc1. The minimum Gasteiger partial charge on any atom is -0.497 e. The highest BCUT2D eigenvalue weighted by atomic mass is 28.3. The largest absolute Gasteiger partial charge is 0.497 e. The molecule has 0 radical (unpaired) electrons. The Kier molecular flexibility index (Phi) is 9.48. The summed E-state index contributed by atoms with van der Waals surface area (Å²) in [5.41, 5.74) is 2.97. The number of amides is 1. The van der Waals surface area contributed by atoms with Crippen molar-refractivity contribution >= 4 is 24.9 Å². The van der Waals surface area contributed by atoms with Crippen molar-refractivity contribution in [3.8, 4) is 11.5 Å². The zero-order valence-electron chi connectivity index (χ0n) is 23.6. The van der Waals surface area contributed by atoms with E-state index in [4.69, 9.17) is 14.2 Å². The van der Waals surface area contributed by atoms with Crippen LogP contribution < -0.4 is 20.0 Å². The van der Waals surface area contributed by atoms with Crippen LogP contribution in [0.4, 0.5) is 5.69 Å². The molecule has 0 bridgehead atoms. The molecule has 1 fully saturated rings. The first-order valence-corrected chi connectivity index (χ1v) is 16.8. The lowest BCUT2D eigenvalue weighted by Crippen LogP contribution is -2.50. The molecule has 2 N–H and O–H groups in total. The third-order valence-corrected chi connectivity index (χ3v) is 12.7. The normalized spacial score (nSPS) is 21.0. The van der Waals surface area contributed by atoms with E-state index in [1.807, 2.05) is 24.3 Å². The fraction of sp³-hybridized carbons (Fsp3) is 0.406. The Balaban J connectivity index is 1.38. The molecule has 1 aliphatic rings. The molecule has 4 rings (SSSR count). The van der Waals surface area contributed by atoms with Gasteiger partial charge in [0, 0.05) is 17.9 Å². The Hall–Kier alpha value is -3.13. The molecule has 6 nitrogen and oxygen atoms in total. The summed E-state index contributed by atoms with van der Waals surface area (Å²) in [6.07, 6.45) is 2.69. The van der Waals surface area contributed by atoms with E-state index in [0.717, 1.165) is 30.0 Å². The summed E-state index contributed by atoms with van der Waals surface area (Å²) >= 11 is 0. The fourth-order valence-electron chi connectivity index (χ4n) is 6.05. The maximum absolute atomic E-state index is 12.6. The lowest BCUT2D eigenvalue weighted by molar-refractivity contribution is 0.0196. The van der Waals surface area contributed by atoms with Gasteiger partial charge in [-0.15, -0.1) is 0 Å². The maximum Gasteiger partial charge on any atom is 0.255 e. The molecule has 7 heteroatoms. The lowest BCUT2D eigenvalue weighted by Gasteiger charge is -2.36. The fourth-order valence-corrected chi connectivity index (χ4v) is 10.2. The molecule has 1 amide bonds. The van der Waals surface area contributed by atoms with Gasteiger partial charge in [0.25, 0.3) is 5.91 Å². The van der Waals surface area contributed by atoms with Crippen LogP contribution in [0.5, 0.6) is 11.5 Å². The highest BCUT2D eigenvalue weighted by Crippen LogP contribution is 2.46. The summed E-state index contributed by atoms with van der Waals surface area (Å²) in [6.45, 7) is 7.30. The molecule has 1 heterocycles. The van der Waals surface area contributed by atoms with Crippen LogP contribution in [0.15, 0.2) is 72.8 Å². The Bertz CT molecular complexity index is 1210. The smallest absolute Gasteiger partial charge is 0.255 e. The van der Waals surface area contributed by atoms with E-state index in [-0.39, 0.29) is 24.7 Å². The summed E-state index contributed by atoms with van der Waals surface area (Å²) in [7, 11) is 1.41. The van der Waals surface area contributed by atoms with Gasteiger partial charge in [-0.2, -0.15) is 0 Å². The third-order valence-electron chi connectivity index (χ3n) is 8.27. The Morgan fingerprint density at radius 3 is 2.03 bits per heavy atom. The minimum atomic E-state index is -1.89. The van der Waals surface area contributed by atoms with Crippen molar-refractivity contribution in [3.05, 3.63) is 83.9 Å². The third kappa shape index (κ3) is 6.72. The number of nitrogens with one attached hydrogen (secondary N) is 1. The Labute approximate surface area is 233 Å². The second kappa shape index (κ2) is 12.8. The van der Waals surface area contributed by atoms with Gasteiger partial charge in [-0.1, -0.05) is 49.5 Å². The van der Waals surface area contributed by atoms with Crippen LogP contribution in [-0.4, -0.2) is 52.1 Å². The van der Waals surface area contributed by atoms with E-state index >= 15 is 0 Å². The van der Waals surface area contributed by atoms with Gasteiger partial charge in [-0.25, -0.2) is 0 Å². The highest BCUT2D eigenvalue weighted by molar-refractivity contribution is 6.91. The molecule has 39 heavy (non-hydrogen) atoms. The maximum atomic E-state index is 12.6. The van der Waals surface area contributed by atoms with Crippen molar-refractivity contribution in [1.29, 1.82) is 0 Å². The number of rotatable bonds is 11. The van der Waals surface area contributed by atoms with E-state index < -0.39 is 8.07 Å². The monoisotopic (exact) mass is 547 g/mol. The number of methoxy groups -OCH3 is 2. The van der Waals surface area contributed by atoms with Crippen LogP contribution in [0.3, 0.4) is 0 Å². The van der Waals surface area contributed by atoms with Crippen molar-refractivity contribution in [2.24, 2.45) is 5.92 Å². The number of carbonyl (C=O) groups is 1. The van der Waals surface area contributed by atoms with E-state index in [1.165, 1.54) is 10.8 Å². The number of ether oxygens (including phenoxy) is 3. The molecular weight excluding hydrogens is 506 g/mol. The molecule has 0 saturated carbocycles. The van der Waals surface area contributed by atoms with Crippen molar-refractivity contribution in [2.75, 3.05) is 26.1 Å². The second-order valence-corrected chi connectivity index (χ2v) is 15.7. The van der Waals surface area contributed by atoms with Gasteiger partial charge >= 0.3 is 0 Å². The quantitative estimate of drug-likeness (QED) is 0.303. The van der Waals surface area contributed by atoms with Crippen LogP contribution in [0.1, 0.15) is 35.7 Å².